The molecule has 0 aliphatic rings. The number of carbonyl (C=O) groups excluding carboxylic acids is 2. The molecule has 2 heterocycles. The molecule has 13 heteroatoms. The van der Waals surface area contributed by atoms with Crippen molar-refractivity contribution in [1.29, 1.82) is 0 Å². The Hall–Kier alpha value is -3.71. The normalized spacial score (nSPS) is 11.4. The first kappa shape index (κ1) is 23.4. The van der Waals surface area contributed by atoms with Crippen LogP contribution in [0.4, 0.5) is 24.0 Å². The Morgan fingerprint density at radius 1 is 1.03 bits per heavy atom. The number of benzene rings is 2. The minimum absolute atomic E-state index is 0.0721. The van der Waals surface area contributed by atoms with Crippen LogP contribution in [0, 0.1) is 0 Å². The van der Waals surface area contributed by atoms with Gasteiger partial charge in [-0.05, 0) is 24.3 Å². The Morgan fingerprint density at radius 2 is 1.76 bits per heavy atom. The zero-order valence-electron chi connectivity index (χ0n) is 16.9. The van der Waals surface area contributed by atoms with E-state index in [1.54, 1.807) is 24.3 Å². The second kappa shape index (κ2) is 9.65. The highest BCUT2D eigenvalue weighted by molar-refractivity contribution is 8.01. The fraction of sp³-hybridized carbons (Fsp3) is 0.0952. The summed E-state index contributed by atoms with van der Waals surface area (Å²) in [5.74, 6) is -1.65. The Kier molecular flexibility index (Phi) is 6.65. The Bertz CT molecular complexity index is 1440. The predicted molar refractivity (Wildman–Crippen MR) is 121 cm³/mol. The molecule has 0 bridgehead atoms. The van der Waals surface area contributed by atoms with Crippen LogP contribution < -0.4 is 16.3 Å². The van der Waals surface area contributed by atoms with E-state index in [1.165, 1.54) is 18.2 Å². The van der Waals surface area contributed by atoms with Crippen molar-refractivity contribution in [3.05, 3.63) is 76.1 Å². The molecule has 2 aromatic carbocycles. The second-order valence-corrected chi connectivity index (χ2v) is 8.89. The number of aromatic nitrogens is 2. The number of nitrogens with one attached hydrogen (secondary N) is 2. The van der Waals surface area contributed by atoms with E-state index in [-0.39, 0.29) is 22.1 Å². The third-order valence-corrected chi connectivity index (χ3v) is 6.32. The lowest BCUT2D eigenvalue weighted by atomic mass is 10.1. The number of fused-ring (bicyclic) bond motifs is 1. The minimum atomic E-state index is -4.61. The summed E-state index contributed by atoms with van der Waals surface area (Å²) in [7, 11) is 0. The Balaban J connectivity index is 1.37. The topological polar surface area (TPSA) is 114 Å². The highest BCUT2D eigenvalue weighted by Crippen LogP contribution is 2.34. The van der Waals surface area contributed by atoms with Crippen molar-refractivity contribution in [2.75, 3.05) is 16.4 Å². The van der Waals surface area contributed by atoms with Gasteiger partial charge in [-0.1, -0.05) is 53.4 Å². The van der Waals surface area contributed by atoms with Crippen molar-refractivity contribution in [3.63, 3.8) is 0 Å². The monoisotopic (exact) mass is 506 g/mol. The fourth-order valence-corrected chi connectivity index (χ4v) is 4.40. The van der Waals surface area contributed by atoms with E-state index in [1.807, 2.05) is 0 Å². The summed E-state index contributed by atoms with van der Waals surface area (Å²) in [4.78, 5) is 36.7. The maximum Gasteiger partial charge on any atom is 0.418 e. The van der Waals surface area contributed by atoms with Crippen molar-refractivity contribution in [2.45, 2.75) is 10.5 Å². The first-order valence-corrected chi connectivity index (χ1v) is 11.3. The van der Waals surface area contributed by atoms with Crippen molar-refractivity contribution >= 4 is 56.7 Å². The quantitative estimate of drug-likeness (QED) is 0.222. The average Bonchev–Trinajstić information content (AvgIpc) is 3.24. The van der Waals surface area contributed by atoms with Gasteiger partial charge in [0.15, 0.2) is 4.34 Å². The zero-order valence-corrected chi connectivity index (χ0v) is 18.5. The lowest BCUT2D eigenvalue weighted by Gasteiger charge is -2.13. The molecule has 0 aliphatic carbocycles. The Labute approximate surface area is 197 Å². The number of nitrogens with zero attached hydrogens (tertiary/aromatic N) is 2. The highest BCUT2D eigenvalue weighted by atomic mass is 32.2. The molecule has 8 nitrogen and oxygen atoms in total. The standard InChI is InChI=1S/C21H13F3N4O4S2/c22-21(23,24)13-6-2-3-7-14(13)25-16(29)10-33-20-28-27-19(34-20)26-17(30)12-9-11-5-1-4-8-15(11)32-18(12)31/h1-9H,10H2,(H,25,29)(H,26,27,30). The van der Waals surface area contributed by atoms with Gasteiger partial charge in [0.05, 0.1) is 17.0 Å². The molecule has 174 valence electrons. The molecule has 0 saturated heterocycles. The van der Waals surface area contributed by atoms with Gasteiger partial charge in [0.2, 0.25) is 11.0 Å². The van der Waals surface area contributed by atoms with E-state index >= 15 is 0 Å². The number of hydrogen-bond donors (Lipinski definition) is 2. The molecule has 4 aromatic rings. The van der Waals surface area contributed by atoms with Crippen LogP contribution in [0.15, 0.2) is 68.1 Å². The molecule has 4 rings (SSSR count). The van der Waals surface area contributed by atoms with Gasteiger partial charge in [-0.3, -0.25) is 14.9 Å². The first-order chi connectivity index (χ1) is 16.2. The molecular weight excluding hydrogens is 493 g/mol. The van der Waals surface area contributed by atoms with E-state index in [0.717, 1.165) is 35.2 Å². The van der Waals surface area contributed by atoms with Gasteiger partial charge in [-0.2, -0.15) is 13.2 Å². The maximum absolute atomic E-state index is 13.0. The van der Waals surface area contributed by atoms with Gasteiger partial charge >= 0.3 is 11.8 Å². The Morgan fingerprint density at radius 3 is 2.56 bits per heavy atom. The summed E-state index contributed by atoms with van der Waals surface area (Å²) in [5, 5.41) is 12.9. The molecule has 0 fully saturated rings. The number of hydrogen-bond acceptors (Lipinski definition) is 8. The van der Waals surface area contributed by atoms with E-state index in [2.05, 4.69) is 20.8 Å². The number of alkyl halides is 3. The number of thioether (sulfide) groups is 1. The summed E-state index contributed by atoms with van der Waals surface area (Å²) in [6.07, 6.45) is -4.61. The van der Waals surface area contributed by atoms with Gasteiger partial charge < -0.3 is 9.73 Å². The van der Waals surface area contributed by atoms with Gasteiger partial charge in [0.25, 0.3) is 5.91 Å². The molecule has 2 N–H and O–H groups in total. The van der Waals surface area contributed by atoms with Gasteiger partial charge in [-0.25, -0.2) is 4.79 Å². The number of amides is 2. The van der Waals surface area contributed by atoms with Crippen LogP contribution in [0.2, 0.25) is 0 Å². The summed E-state index contributed by atoms with van der Waals surface area (Å²) >= 11 is 1.87. The minimum Gasteiger partial charge on any atom is -0.422 e. The third kappa shape index (κ3) is 5.43. The fourth-order valence-electron chi connectivity index (χ4n) is 2.86. The smallest absolute Gasteiger partial charge is 0.418 e. The molecular formula is C21H13F3N4O4S2. The summed E-state index contributed by atoms with van der Waals surface area (Å²) < 4.78 is 44.6. The number of anilines is 2. The molecule has 2 amide bonds. The van der Waals surface area contributed by atoms with Crippen LogP contribution in [0.5, 0.6) is 0 Å². The van der Waals surface area contributed by atoms with E-state index in [0.29, 0.717) is 15.3 Å². The SMILES string of the molecule is O=C(CSc1nnc(NC(=O)c2cc3ccccc3oc2=O)s1)Nc1ccccc1C(F)(F)F. The van der Waals surface area contributed by atoms with E-state index in [4.69, 9.17) is 4.42 Å². The first-order valence-electron chi connectivity index (χ1n) is 9.47. The lowest BCUT2D eigenvalue weighted by Crippen LogP contribution is -2.20. The van der Waals surface area contributed by atoms with Crippen molar-refractivity contribution in [2.24, 2.45) is 0 Å². The van der Waals surface area contributed by atoms with Crippen molar-refractivity contribution in [3.8, 4) is 0 Å². The number of para-hydroxylation sites is 2. The van der Waals surface area contributed by atoms with E-state index < -0.39 is 29.2 Å². The van der Waals surface area contributed by atoms with Gasteiger partial charge in [0.1, 0.15) is 11.1 Å². The van der Waals surface area contributed by atoms with Crippen LogP contribution >= 0.6 is 23.1 Å². The van der Waals surface area contributed by atoms with Crippen LogP contribution in [0.1, 0.15) is 15.9 Å². The van der Waals surface area contributed by atoms with Crippen LogP contribution in [-0.4, -0.2) is 27.8 Å². The second-order valence-electron chi connectivity index (χ2n) is 6.69. The molecule has 0 saturated carbocycles. The lowest BCUT2D eigenvalue weighted by molar-refractivity contribution is -0.137. The molecule has 0 aliphatic heterocycles. The van der Waals surface area contributed by atoms with Crippen LogP contribution in [-0.2, 0) is 11.0 Å². The molecule has 2 aromatic heterocycles. The summed E-state index contributed by atoms with van der Waals surface area (Å²) in [6, 6.07) is 12.8. The molecule has 0 unspecified atom stereocenters. The summed E-state index contributed by atoms with van der Waals surface area (Å²) in [5.41, 5.74) is -1.99. The van der Waals surface area contributed by atoms with Gasteiger partial charge in [0, 0.05) is 5.39 Å². The molecule has 0 spiro atoms. The largest absolute Gasteiger partial charge is 0.422 e. The van der Waals surface area contributed by atoms with Crippen LogP contribution in [0.25, 0.3) is 11.0 Å². The average molecular weight is 506 g/mol. The number of rotatable bonds is 6. The molecule has 0 radical (unpaired) electrons. The highest BCUT2D eigenvalue weighted by Gasteiger charge is 2.33. The number of halogens is 3. The predicted octanol–water partition coefficient (Wildman–Crippen LogP) is 4.65. The molecule has 34 heavy (non-hydrogen) atoms. The zero-order chi connectivity index (χ0) is 24.3. The summed E-state index contributed by atoms with van der Waals surface area (Å²) in [6.45, 7) is 0. The van der Waals surface area contributed by atoms with Crippen molar-refractivity contribution in [1.82, 2.24) is 10.2 Å². The van der Waals surface area contributed by atoms with E-state index in [9.17, 15) is 27.6 Å². The van der Waals surface area contributed by atoms with Crippen molar-refractivity contribution < 1.29 is 27.2 Å². The molecule has 0 atom stereocenters. The van der Waals surface area contributed by atoms with Gasteiger partial charge in [-0.15, -0.1) is 10.2 Å². The third-order valence-electron chi connectivity index (χ3n) is 4.35. The van der Waals surface area contributed by atoms with Crippen LogP contribution in [0.3, 0.4) is 0 Å². The maximum atomic E-state index is 13.0. The number of carbonyl (C=O) groups is 2.